The van der Waals surface area contributed by atoms with Crippen LogP contribution >= 0.6 is 0 Å². The van der Waals surface area contributed by atoms with Gasteiger partial charge in [-0.15, -0.1) is 0 Å². The Morgan fingerprint density at radius 2 is 1.84 bits per heavy atom. The quantitative estimate of drug-likeness (QED) is 0.703. The number of fused-ring (bicyclic) bond motifs is 2. The Labute approximate surface area is 147 Å². The molecule has 0 radical (unpaired) electrons. The highest BCUT2D eigenvalue weighted by Gasteiger charge is 2.35. The van der Waals surface area contributed by atoms with Gasteiger partial charge in [-0.1, -0.05) is 36.4 Å². The predicted octanol–water partition coefficient (Wildman–Crippen LogP) is 3.93. The van der Waals surface area contributed by atoms with Crippen molar-refractivity contribution >= 4 is 26.7 Å². The monoisotopic (exact) mass is 350 g/mol. The lowest BCUT2D eigenvalue weighted by Gasteiger charge is -2.31. The van der Waals surface area contributed by atoms with Gasteiger partial charge in [-0.2, -0.15) is 0 Å². The van der Waals surface area contributed by atoms with E-state index in [1.165, 1.54) is 0 Å². The summed E-state index contributed by atoms with van der Waals surface area (Å²) >= 11 is 0. The van der Waals surface area contributed by atoms with Crippen LogP contribution in [0.4, 0.5) is 0 Å². The number of sulfone groups is 1. The fourth-order valence-electron chi connectivity index (χ4n) is 3.50. The summed E-state index contributed by atoms with van der Waals surface area (Å²) in [5.74, 6) is 0. The molecule has 1 atom stereocenters. The van der Waals surface area contributed by atoms with Crippen LogP contribution in [-0.4, -0.2) is 25.3 Å². The first-order chi connectivity index (χ1) is 12.0. The van der Waals surface area contributed by atoms with Crippen molar-refractivity contribution < 1.29 is 8.42 Å². The van der Waals surface area contributed by atoms with Crippen LogP contribution in [0.15, 0.2) is 66.0 Å². The second kappa shape index (κ2) is 5.70. The molecular weight excluding hydrogens is 332 g/mol. The molecule has 0 spiro atoms. The Kier molecular flexibility index (Phi) is 3.62. The molecule has 25 heavy (non-hydrogen) atoms. The van der Waals surface area contributed by atoms with Crippen molar-refractivity contribution in [2.45, 2.75) is 17.2 Å². The highest BCUT2D eigenvalue weighted by molar-refractivity contribution is 7.91. The first kappa shape index (κ1) is 15.8. The number of aryl methyl sites for hydroxylation is 1. The predicted molar refractivity (Wildman–Crippen MR) is 99.6 cm³/mol. The number of rotatable bonds is 2. The summed E-state index contributed by atoms with van der Waals surface area (Å²) in [6.45, 7) is 1.90. The van der Waals surface area contributed by atoms with Crippen LogP contribution in [-0.2, 0) is 9.84 Å². The molecule has 4 rings (SSSR count). The van der Waals surface area contributed by atoms with E-state index in [1.807, 2.05) is 49.5 Å². The Balaban J connectivity index is 1.99. The van der Waals surface area contributed by atoms with Crippen LogP contribution < -0.4 is 0 Å². The first-order valence-electron chi connectivity index (χ1n) is 8.06. The lowest BCUT2D eigenvalue weighted by Crippen LogP contribution is -2.30. The maximum absolute atomic E-state index is 13.6. The first-order valence-corrected chi connectivity index (χ1v) is 9.61. The zero-order valence-electron chi connectivity index (χ0n) is 14.0. The lowest BCUT2D eigenvalue weighted by molar-refractivity contribution is 0.408. The molecule has 1 aliphatic rings. The summed E-state index contributed by atoms with van der Waals surface area (Å²) in [6.07, 6.45) is 7.18. The minimum atomic E-state index is -3.63. The topological polar surface area (TPSA) is 50.3 Å². The van der Waals surface area contributed by atoms with Gasteiger partial charge in [-0.05, 0) is 35.8 Å². The van der Waals surface area contributed by atoms with Gasteiger partial charge in [0.05, 0.1) is 4.90 Å². The molecule has 4 nitrogen and oxygen atoms in total. The smallest absolute Gasteiger partial charge is 0.204 e. The number of hydrogen-bond acceptors (Lipinski definition) is 4. The maximum atomic E-state index is 13.6. The molecule has 126 valence electrons. The van der Waals surface area contributed by atoms with Crippen molar-refractivity contribution in [3.05, 3.63) is 77.7 Å². The summed E-state index contributed by atoms with van der Waals surface area (Å²) in [7, 11) is -1.83. The third-order valence-corrected chi connectivity index (χ3v) is 6.78. The number of nitrogens with zero attached hydrogens (tertiary/aromatic N) is 2. The lowest BCUT2D eigenvalue weighted by atomic mass is 10.0. The van der Waals surface area contributed by atoms with E-state index in [0.29, 0.717) is 4.90 Å². The van der Waals surface area contributed by atoms with E-state index in [0.717, 1.165) is 27.5 Å². The van der Waals surface area contributed by atoms with E-state index in [1.54, 1.807) is 36.5 Å². The largest absolute Gasteiger partial charge is 0.360 e. The van der Waals surface area contributed by atoms with Crippen LogP contribution in [0.5, 0.6) is 0 Å². The van der Waals surface area contributed by atoms with Gasteiger partial charge in [0, 0.05) is 36.4 Å². The fourth-order valence-corrected chi connectivity index (χ4v) is 5.63. The Bertz CT molecular complexity index is 1100. The van der Waals surface area contributed by atoms with E-state index >= 15 is 0 Å². The minimum Gasteiger partial charge on any atom is -0.360 e. The molecular formula is C20H18N2O2S. The van der Waals surface area contributed by atoms with Gasteiger partial charge in [-0.25, -0.2) is 8.42 Å². The molecule has 0 aliphatic carbocycles. The Morgan fingerprint density at radius 3 is 2.68 bits per heavy atom. The molecule has 0 fully saturated rings. The fraction of sp³-hybridized carbons (Fsp3) is 0.150. The summed E-state index contributed by atoms with van der Waals surface area (Å²) in [6, 6.07) is 13.0. The van der Waals surface area contributed by atoms with Gasteiger partial charge in [-0.3, -0.25) is 4.98 Å². The van der Waals surface area contributed by atoms with Crippen molar-refractivity contribution in [2.24, 2.45) is 0 Å². The third kappa shape index (κ3) is 2.43. The van der Waals surface area contributed by atoms with Crippen LogP contribution in [0, 0.1) is 6.92 Å². The number of aromatic nitrogens is 1. The van der Waals surface area contributed by atoms with Gasteiger partial charge in [0.15, 0.2) is 5.37 Å². The number of hydrogen-bond donors (Lipinski definition) is 0. The average molecular weight is 350 g/mol. The number of benzene rings is 2. The second-order valence-electron chi connectivity index (χ2n) is 6.32. The maximum Gasteiger partial charge on any atom is 0.204 e. The summed E-state index contributed by atoms with van der Waals surface area (Å²) in [5, 5.41) is 0.841. The summed E-state index contributed by atoms with van der Waals surface area (Å²) in [5.41, 5.74) is 2.60. The third-order valence-electron chi connectivity index (χ3n) is 4.66. The zero-order chi connectivity index (χ0) is 17.6. The Hall–Kier alpha value is -2.66. The molecule has 5 heteroatoms. The van der Waals surface area contributed by atoms with Gasteiger partial charge >= 0.3 is 0 Å². The summed E-state index contributed by atoms with van der Waals surface area (Å²) in [4.78, 5) is 6.29. The van der Waals surface area contributed by atoms with Crippen LogP contribution in [0.2, 0.25) is 0 Å². The van der Waals surface area contributed by atoms with E-state index in [4.69, 9.17) is 0 Å². The van der Waals surface area contributed by atoms with Gasteiger partial charge < -0.3 is 4.90 Å². The molecule has 2 heterocycles. The Morgan fingerprint density at radius 1 is 1.04 bits per heavy atom. The van der Waals surface area contributed by atoms with Crippen molar-refractivity contribution in [3.8, 4) is 0 Å². The molecule has 2 aromatic carbocycles. The van der Waals surface area contributed by atoms with Gasteiger partial charge in [0.1, 0.15) is 0 Å². The van der Waals surface area contributed by atoms with Gasteiger partial charge in [0.25, 0.3) is 0 Å². The number of pyridine rings is 1. The highest BCUT2D eigenvalue weighted by Crippen LogP contribution is 2.39. The van der Waals surface area contributed by atoms with E-state index < -0.39 is 15.2 Å². The molecule has 3 aromatic rings. The molecule has 0 bridgehead atoms. The molecule has 0 saturated heterocycles. The second-order valence-corrected chi connectivity index (χ2v) is 8.29. The van der Waals surface area contributed by atoms with Gasteiger partial charge in [0.2, 0.25) is 9.84 Å². The molecule has 0 N–H and O–H groups in total. The van der Waals surface area contributed by atoms with Crippen LogP contribution in [0.1, 0.15) is 22.1 Å². The molecule has 0 saturated carbocycles. The zero-order valence-corrected chi connectivity index (χ0v) is 14.9. The van der Waals surface area contributed by atoms with E-state index in [-0.39, 0.29) is 0 Å². The molecule has 0 amide bonds. The molecule has 1 aromatic heterocycles. The van der Waals surface area contributed by atoms with Crippen LogP contribution in [0.25, 0.3) is 16.8 Å². The van der Waals surface area contributed by atoms with Crippen molar-refractivity contribution in [2.75, 3.05) is 7.05 Å². The molecule has 1 aliphatic heterocycles. The SMILES string of the molecule is Cc1cncc2cccc(S(=O)(=O)[C@H]3c4ccccc4C=CN3C)c12. The van der Waals surface area contributed by atoms with Crippen molar-refractivity contribution in [1.29, 1.82) is 0 Å². The normalized spacial score (nSPS) is 16.9. The van der Waals surface area contributed by atoms with E-state index in [2.05, 4.69) is 4.98 Å². The standard InChI is InChI=1S/C20H18N2O2S/c1-14-12-21-13-16-7-5-9-18(19(14)16)25(23,24)20-17-8-4-3-6-15(17)10-11-22(20)2/h3-13,20H,1-2H3/t20-/m0/s1. The van der Waals surface area contributed by atoms with E-state index in [9.17, 15) is 8.42 Å². The molecule has 0 unspecified atom stereocenters. The van der Waals surface area contributed by atoms with Crippen molar-refractivity contribution in [1.82, 2.24) is 9.88 Å². The minimum absolute atomic E-state index is 0.354. The van der Waals surface area contributed by atoms with Crippen LogP contribution in [0.3, 0.4) is 0 Å². The highest BCUT2D eigenvalue weighted by atomic mass is 32.2. The summed E-state index contributed by atoms with van der Waals surface area (Å²) < 4.78 is 27.3. The average Bonchev–Trinajstić information content (AvgIpc) is 2.61. The van der Waals surface area contributed by atoms with Crippen molar-refractivity contribution in [3.63, 3.8) is 0 Å².